The van der Waals surface area contributed by atoms with Gasteiger partial charge in [0.15, 0.2) is 5.13 Å². The zero-order chi connectivity index (χ0) is 46.0. The minimum atomic E-state index is -1.30. The van der Waals surface area contributed by atoms with Gasteiger partial charge in [-0.25, -0.2) is 19.9 Å². The van der Waals surface area contributed by atoms with E-state index in [-0.39, 0.29) is 61.7 Å². The van der Waals surface area contributed by atoms with Crippen LogP contribution in [0.3, 0.4) is 0 Å². The van der Waals surface area contributed by atoms with Gasteiger partial charge < -0.3 is 41.0 Å². The van der Waals surface area contributed by atoms with Crippen LogP contribution in [0, 0.1) is 17.8 Å². The average molecular weight is 901 g/mol. The van der Waals surface area contributed by atoms with Crippen LogP contribution in [-0.2, 0) is 24.0 Å². The van der Waals surface area contributed by atoms with Crippen molar-refractivity contribution in [2.75, 3.05) is 34.9 Å². The third-order valence-electron chi connectivity index (χ3n) is 10.8. The summed E-state index contributed by atoms with van der Waals surface area (Å²) in [7, 11) is 1.57. The molecule has 2 aliphatic heterocycles. The van der Waals surface area contributed by atoms with Crippen LogP contribution >= 0.6 is 11.3 Å². The van der Waals surface area contributed by atoms with Crippen LogP contribution < -0.4 is 36.1 Å². The molecular formula is C47H52N10O7S. The van der Waals surface area contributed by atoms with E-state index in [1.807, 2.05) is 39.1 Å². The SMILES string of the molecule is COc1ccc2c(O[C@H]3C[C@@H](C(=O)N[C@@H]4CCC#CCCCC(=O)Nc5ccccc5NC(=O)C4=O)N(C(=O)C(Nc4ncccn4)C(C)C)C3)cc(-c3csc(NC(C)C)n3)nc2c1. The third kappa shape index (κ3) is 11.5. The van der Waals surface area contributed by atoms with Gasteiger partial charge in [0.2, 0.25) is 29.5 Å². The van der Waals surface area contributed by atoms with Gasteiger partial charge in [-0.05, 0) is 62.9 Å². The van der Waals surface area contributed by atoms with Crippen LogP contribution in [0.1, 0.15) is 66.2 Å². The van der Waals surface area contributed by atoms with E-state index >= 15 is 0 Å². The molecule has 7 rings (SSSR count). The molecule has 1 saturated heterocycles. The molecule has 5 aromatic rings. The number of hydrogen-bond donors (Lipinski definition) is 5. The fraction of sp³-hybridized carbons (Fsp3) is 0.383. The van der Waals surface area contributed by atoms with Crippen molar-refractivity contribution in [1.29, 1.82) is 0 Å². The number of Topliss-reactive ketones (excluding diaryl/α,β-unsaturated/α-hetero) is 1. The second-order valence-corrected chi connectivity index (χ2v) is 17.2. The molecular weight excluding hydrogens is 849 g/mol. The highest BCUT2D eigenvalue weighted by Gasteiger charge is 2.45. The molecule has 0 spiro atoms. The lowest BCUT2D eigenvalue weighted by molar-refractivity contribution is -0.141. The topological polar surface area (TPSA) is 219 Å². The first kappa shape index (κ1) is 45.9. The maximum atomic E-state index is 14.8. The molecule has 18 heteroatoms. The number of thiazole rings is 1. The first-order chi connectivity index (χ1) is 31.4. The molecule has 0 aliphatic carbocycles. The van der Waals surface area contributed by atoms with Gasteiger partial charge in [-0.15, -0.1) is 23.2 Å². The summed E-state index contributed by atoms with van der Waals surface area (Å²) in [5.41, 5.74) is 2.33. The number of fused-ring (bicyclic) bond motifs is 2. The summed E-state index contributed by atoms with van der Waals surface area (Å²) < 4.78 is 12.3. The Labute approximate surface area is 380 Å². The molecule has 5 heterocycles. The number of ketones is 1. The van der Waals surface area contributed by atoms with Crippen molar-refractivity contribution in [3.05, 3.63) is 72.4 Å². The molecule has 338 valence electrons. The second-order valence-electron chi connectivity index (χ2n) is 16.4. The quantitative estimate of drug-likeness (QED) is 0.0712. The fourth-order valence-electron chi connectivity index (χ4n) is 7.52. The van der Waals surface area contributed by atoms with E-state index in [2.05, 4.69) is 48.4 Å². The Morgan fingerprint density at radius 1 is 0.908 bits per heavy atom. The largest absolute Gasteiger partial charge is 0.497 e. The lowest BCUT2D eigenvalue weighted by Crippen LogP contribution is -2.55. The standard InChI is InChI=1S/C47H52N10O7S/c1-27(2)41(56-46-48-20-13-21-49-46)45(62)57-25-30(64-39-24-36(37-26-65-47(55-37)50-28(3)4)51-35-22-29(63-5)18-19-31(35)39)23-38(57)43(60)54-34-16-9-7-6-8-10-17-40(58)52-32-14-11-12-15-33(32)53-44(61)42(34)59/h11-15,18-22,24,26-28,30,34,38,41H,8-10,16-17,23,25H2,1-5H3,(H,50,55)(H,52,58)(H,53,61)(H,54,60)(H,48,49,56)/t30-,34+,38-,41?/m0/s1. The number of rotatable bonds is 12. The Hall–Kier alpha value is -7.13. The van der Waals surface area contributed by atoms with Crippen LogP contribution in [0.4, 0.5) is 22.5 Å². The highest BCUT2D eigenvalue weighted by Crippen LogP contribution is 2.36. The van der Waals surface area contributed by atoms with E-state index in [9.17, 15) is 24.0 Å². The van der Waals surface area contributed by atoms with Gasteiger partial charge >= 0.3 is 0 Å². The van der Waals surface area contributed by atoms with E-state index in [1.165, 1.54) is 16.2 Å². The number of pyridine rings is 1. The molecule has 0 radical (unpaired) electrons. The summed E-state index contributed by atoms with van der Waals surface area (Å²) in [5, 5.41) is 18.0. The van der Waals surface area contributed by atoms with Gasteiger partial charge in [0.25, 0.3) is 5.91 Å². The summed E-state index contributed by atoms with van der Waals surface area (Å²) in [4.78, 5) is 89.3. The Morgan fingerprint density at radius 2 is 1.66 bits per heavy atom. The van der Waals surface area contributed by atoms with Crippen molar-refractivity contribution in [1.82, 2.24) is 30.2 Å². The van der Waals surface area contributed by atoms with Gasteiger partial charge in [0.05, 0.1) is 42.3 Å². The minimum Gasteiger partial charge on any atom is -0.497 e. The van der Waals surface area contributed by atoms with Gasteiger partial charge in [-0.1, -0.05) is 26.0 Å². The zero-order valence-electron chi connectivity index (χ0n) is 36.8. The van der Waals surface area contributed by atoms with Crippen LogP contribution in [0.15, 0.2) is 72.4 Å². The Balaban J connectivity index is 1.21. The molecule has 1 unspecified atom stereocenters. The Kier molecular flexibility index (Phi) is 14.8. The minimum absolute atomic E-state index is 0.000984. The fourth-order valence-corrected chi connectivity index (χ4v) is 8.37. The lowest BCUT2D eigenvalue weighted by Gasteiger charge is -2.31. The van der Waals surface area contributed by atoms with Gasteiger partial charge in [-0.3, -0.25) is 24.0 Å². The number of para-hydroxylation sites is 2. The smallest absolute Gasteiger partial charge is 0.294 e. The number of ether oxygens (including phenoxy) is 2. The highest BCUT2D eigenvalue weighted by molar-refractivity contribution is 7.14. The van der Waals surface area contributed by atoms with E-state index in [1.54, 1.807) is 68.0 Å². The van der Waals surface area contributed by atoms with Gasteiger partial charge in [0, 0.05) is 67.0 Å². The van der Waals surface area contributed by atoms with Crippen LogP contribution in [0.5, 0.6) is 11.5 Å². The second kappa shape index (κ2) is 21.0. The van der Waals surface area contributed by atoms with Crippen molar-refractivity contribution < 1.29 is 33.4 Å². The van der Waals surface area contributed by atoms with Crippen molar-refractivity contribution in [3.8, 4) is 34.7 Å². The van der Waals surface area contributed by atoms with E-state index < -0.39 is 47.7 Å². The number of benzene rings is 2. The van der Waals surface area contributed by atoms with Crippen molar-refractivity contribution in [2.24, 2.45) is 5.92 Å². The normalized spacial score (nSPS) is 18.6. The van der Waals surface area contributed by atoms with E-state index in [0.29, 0.717) is 52.3 Å². The maximum absolute atomic E-state index is 14.8. The molecule has 5 N–H and O–H groups in total. The summed E-state index contributed by atoms with van der Waals surface area (Å²) in [6.45, 7) is 7.80. The lowest BCUT2D eigenvalue weighted by atomic mass is 10.0. The van der Waals surface area contributed by atoms with Gasteiger partial charge in [0.1, 0.15) is 35.4 Å². The first-order valence-corrected chi connectivity index (χ1v) is 22.5. The molecule has 0 bridgehead atoms. The number of nitrogens with one attached hydrogen (secondary N) is 5. The van der Waals surface area contributed by atoms with Crippen molar-refractivity contribution >= 4 is 74.1 Å². The van der Waals surface area contributed by atoms with Crippen molar-refractivity contribution in [2.45, 2.75) is 96.5 Å². The van der Waals surface area contributed by atoms with E-state index in [0.717, 1.165) is 5.13 Å². The molecule has 2 aromatic carbocycles. The summed E-state index contributed by atoms with van der Waals surface area (Å²) in [6, 6.07) is 12.4. The monoisotopic (exact) mass is 900 g/mol. The van der Waals surface area contributed by atoms with Crippen molar-refractivity contribution in [3.63, 3.8) is 0 Å². The highest BCUT2D eigenvalue weighted by atomic mass is 32.1. The maximum Gasteiger partial charge on any atom is 0.294 e. The van der Waals surface area contributed by atoms with Gasteiger partial charge in [-0.2, -0.15) is 0 Å². The van der Waals surface area contributed by atoms with Crippen LogP contribution in [0.2, 0.25) is 0 Å². The summed E-state index contributed by atoms with van der Waals surface area (Å²) in [5.74, 6) is 3.84. The summed E-state index contributed by atoms with van der Waals surface area (Å²) in [6.07, 6.45) is 3.82. The molecule has 0 saturated carbocycles. The molecule has 65 heavy (non-hydrogen) atoms. The Bertz CT molecular complexity index is 2610. The number of nitrogens with zero attached hydrogens (tertiary/aromatic N) is 5. The first-order valence-electron chi connectivity index (χ1n) is 21.6. The number of aromatic nitrogens is 4. The van der Waals surface area contributed by atoms with Crippen LogP contribution in [0.25, 0.3) is 22.3 Å². The predicted molar refractivity (Wildman–Crippen MR) is 248 cm³/mol. The number of amides is 4. The molecule has 4 atom stereocenters. The number of methoxy groups -OCH3 is 1. The predicted octanol–water partition coefficient (Wildman–Crippen LogP) is 6.06. The molecule has 1 fully saturated rings. The number of likely N-dealkylation sites (tertiary alicyclic amines) is 1. The molecule has 2 aliphatic rings. The molecule has 17 nitrogen and oxygen atoms in total. The number of anilines is 4. The summed E-state index contributed by atoms with van der Waals surface area (Å²) >= 11 is 1.46. The third-order valence-corrected chi connectivity index (χ3v) is 11.6. The number of hydrogen-bond acceptors (Lipinski definition) is 14. The number of carbonyl (C=O) groups is 5. The average Bonchev–Trinajstić information content (AvgIpc) is 3.94. The van der Waals surface area contributed by atoms with Crippen LogP contribution in [-0.4, -0.2) is 98.2 Å². The molecule has 3 aromatic heterocycles. The van der Waals surface area contributed by atoms with E-state index in [4.69, 9.17) is 19.4 Å². The number of carbonyl (C=O) groups excluding carboxylic acids is 5. The zero-order valence-corrected chi connectivity index (χ0v) is 37.7. The molecule has 4 amide bonds. The Morgan fingerprint density at radius 3 is 2.40 bits per heavy atom.